The Balaban J connectivity index is 1.31. The lowest BCUT2D eigenvalue weighted by Gasteiger charge is -2.21. The van der Waals surface area contributed by atoms with Crippen LogP contribution < -0.4 is 26.2 Å². The van der Waals surface area contributed by atoms with Crippen molar-refractivity contribution in [2.45, 2.75) is 33.6 Å². The molecule has 2 aromatic carbocycles. The fourth-order valence-corrected chi connectivity index (χ4v) is 4.80. The minimum absolute atomic E-state index is 0.0160. The van der Waals surface area contributed by atoms with Gasteiger partial charge in [-0.25, -0.2) is 19.2 Å². The van der Waals surface area contributed by atoms with Crippen LogP contribution in [-0.2, 0) is 4.79 Å². The third-order valence-electron chi connectivity index (χ3n) is 6.75. The molecular formula is C31H33FN8O2S. The number of benzene rings is 2. The van der Waals surface area contributed by atoms with Gasteiger partial charge in [0.05, 0.1) is 5.69 Å². The van der Waals surface area contributed by atoms with Crippen LogP contribution in [0.15, 0.2) is 72.6 Å². The first-order valence-electron chi connectivity index (χ1n) is 13.8. The van der Waals surface area contributed by atoms with E-state index in [-0.39, 0.29) is 23.3 Å². The first kappa shape index (κ1) is 29.6. The van der Waals surface area contributed by atoms with E-state index in [0.717, 1.165) is 12.8 Å². The van der Waals surface area contributed by atoms with Gasteiger partial charge in [-0.15, -0.1) is 0 Å². The Morgan fingerprint density at radius 1 is 1.02 bits per heavy atom. The number of urea groups is 1. The number of pyridine rings is 1. The normalized spacial score (nSPS) is 13.4. The molecule has 0 saturated heterocycles. The highest BCUT2D eigenvalue weighted by Gasteiger charge is 2.30. The van der Waals surface area contributed by atoms with Crippen molar-refractivity contribution >= 4 is 67.3 Å². The molecule has 0 atom stereocenters. The summed E-state index contributed by atoms with van der Waals surface area (Å²) >= 11 is 1.29. The molecule has 43 heavy (non-hydrogen) atoms. The van der Waals surface area contributed by atoms with Crippen molar-refractivity contribution in [3.8, 4) is 0 Å². The highest BCUT2D eigenvalue weighted by molar-refractivity contribution is 7.22. The average molecular weight is 601 g/mol. The molecular weight excluding hydrogens is 567 g/mol. The van der Waals surface area contributed by atoms with Crippen molar-refractivity contribution in [1.29, 1.82) is 5.41 Å². The number of halogens is 1. The first-order valence-corrected chi connectivity index (χ1v) is 14.6. The summed E-state index contributed by atoms with van der Waals surface area (Å²) in [5.74, 6) is 0.295. The van der Waals surface area contributed by atoms with Crippen molar-refractivity contribution in [2.75, 3.05) is 27.9 Å². The Kier molecular flexibility index (Phi) is 8.40. The van der Waals surface area contributed by atoms with Crippen LogP contribution in [0.4, 0.5) is 37.2 Å². The lowest BCUT2D eigenvalue weighted by molar-refractivity contribution is -0.117. The molecule has 0 radical (unpaired) electrons. The predicted molar refractivity (Wildman–Crippen MR) is 171 cm³/mol. The Hall–Kier alpha value is -4.84. The SMILES string of the molecule is CN(c1ccc(F)c(NC(=O)N/C(=C/C(=N)C(C)(C)C)Nc2ccccc2)c1)c1ccc2nc(NC(=O)C3CC3)sc2n1. The standard InChI is InChI=1S/C31H33FN8O2S/c1-31(2,3)24(33)17-25(34-19-8-6-5-7-9-19)37-29(42)35-23-16-20(12-13-21(23)32)40(4)26-15-14-22-28(38-26)43-30(36-22)39-27(41)18-10-11-18/h5-9,12-18,33-34H,10-11H2,1-4H3,(H2,35,37,42)(H,36,39,41)/b25-17+,33-24?. The maximum absolute atomic E-state index is 14.8. The highest BCUT2D eigenvalue weighted by Crippen LogP contribution is 2.33. The number of nitrogens with one attached hydrogen (secondary N) is 5. The molecule has 5 N–H and O–H groups in total. The summed E-state index contributed by atoms with van der Waals surface area (Å²) in [7, 11) is 1.78. The molecule has 1 aliphatic carbocycles. The van der Waals surface area contributed by atoms with E-state index in [1.807, 2.05) is 57.2 Å². The van der Waals surface area contributed by atoms with E-state index in [1.54, 1.807) is 24.1 Å². The van der Waals surface area contributed by atoms with Crippen LogP contribution in [0.3, 0.4) is 0 Å². The number of hydrogen-bond acceptors (Lipinski definition) is 8. The fourth-order valence-electron chi connectivity index (χ4n) is 3.97. The molecule has 2 heterocycles. The lowest BCUT2D eigenvalue weighted by atomic mass is 9.90. The van der Waals surface area contributed by atoms with Gasteiger partial charge in [0.15, 0.2) is 5.13 Å². The van der Waals surface area contributed by atoms with E-state index in [2.05, 4.69) is 31.2 Å². The molecule has 0 spiro atoms. The topological polar surface area (TPSA) is 135 Å². The van der Waals surface area contributed by atoms with E-state index in [0.29, 0.717) is 38.4 Å². The number of amides is 3. The first-order chi connectivity index (χ1) is 20.5. The number of rotatable bonds is 9. The zero-order valence-corrected chi connectivity index (χ0v) is 25.1. The van der Waals surface area contributed by atoms with Gasteiger partial charge in [0.25, 0.3) is 0 Å². The zero-order chi connectivity index (χ0) is 30.7. The van der Waals surface area contributed by atoms with Gasteiger partial charge < -0.3 is 26.3 Å². The number of aromatic nitrogens is 2. The van der Waals surface area contributed by atoms with Crippen molar-refractivity contribution in [1.82, 2.24) is 15.3 Å². The smallest absolute Gasteiger partial charge is 0.324 e. The van der Waals surface area contributed by atoms with Gasteiger partial charge in [0.2, 0.25) is 5.91 Å². The molecule has 2 aromatic heterocycles. The molecule has 10 nitrogen and oxygen atoms in total. The molecule has 1 fully saturated rings. The molecule has 1 aliphatic rings. The summed E-state index contributed by atoms with van der Waals surface area (Å²) in [4.78, 5) is 36.7. The van der Waals surface area contributed by atoms with Crippen LogP contribution in [0.2, 0.25) is 0 Å². The third-order valence-corrected chi connectivity index (χ3v) is 7.63. The van der Waals surface area contributed by atoms with Gasteiger partial charge in [-0.05, 0) is 55.3 Å². The number of para-hydroxylation sites is 1. The number of hydrogen-bond donors (Lipinski definition) is 5. The van der Waals surface area contributed by atoms with E-state index < -0.39 is 17.3 Å². The molecule has 222 valence electrons. The van der Waals surface area contributed by atoms with Crippen LogP contribution in [0.1, 0.15) is 33.6 Å². The molecule has 4 aromatic rings. The quantitative estimate of drug-likeness (QED) is 0.130. The van der Waals surface area contributed by atoms with Gasteiger partial charge in [-0.3, -0.25) is 10.1 Å². The van der Waals surface area contributed by atoms with E-state index in [4.69, 9.17) is 5.41 Å². The Bertz CT molecular complexity index is 1710. The predicted octanol–water partition coefficient (Wildman–Crippen LogP) is 7.09. The van der Waals surface area contributed by atoms with Crippen molar-refractivity contribution in [3.63, 3.8) is 0 Å². The number of fused-ring (bicyclic) bond motifs is 1. The lowest BCUT2D eigenvalue weighted by Crippen LogP contribution is -2.33. The maximum Gasteiger partial charge on any atom is 0.324 e. The Labute approximate surface area is 252 Å². The number of nitrogens with zero attached hydrogens (tertiary/aromatic N) is 3. The van der Waals surface area contributed by atoms with Crippen LogP contribution >= 0.6 is 11.3 Å². The third kappa shape index (κ3) is 7.52. The highest BCUT2D eigenvalue weighted by atomic mass is 32.1. The average Bonchev–Trinajstić information content (AvgIpc) is 3.74. The molecule has 5 rings (SSSR count). The molecule has 0 aliphatic heterocycles. The van der Waals surface area contributed by atoms with Gasteiger partial charge in [-0.1, -0.05) is 50.3 Å². The molecule has 3 amide bonds. The van der Waals surface area contributed by atoms with Gasteiger partial charge >= 0.3 is 6.03 Å². The monoisotopic (exact) mass is 600 g/mol. The second-order valence-corrected chi connectivity index (χ2v) is 12.3. The number of thiazole rings is 1. The minimum atomic E-state index is -0.680. The second kappa shape index (κ2) is 12.2. The zero-order valence-electron chi connectivity index (χ0n) is 24.3. The Morgan fingerprint density at radius 3 is 2.47 bits per heavy atom. The second-order valence-electron chi connectivity index (χ2n) is 11.3. The fraction of sp³-hybridized carbons (Fsp3) is 0.258. The molecule has 12 heteroatoms. The van der Waals surface area contributed by atoms with Crippen LogP contribution in [0, 0.1) is 22.6 Å². The van der Waals surface area contributed by atoms with E-state index in [9.17, 15) is 14.0 Å². The summed E-state index contributed by atoms with van der Waals surface area (Å²) in [6.45, 7) is 5.70. The summed E-state index contributed by atoms with van der Waals surface area (Å²) in [6.07, 6.45) is 3.35. The summed E-state index contributed by atoms with van der Waals surface area (Å²) in [6, 6.07) is 16.5. The van der Waals surface area contributed by atoms with Crippen LogP contribution in [0.5, 0.6) is 0 Å². The summed E-state index contributed by atoms with van der Waals surface area (Å²) < 4.78 is 14.8. The van der Waals surface area contributed by atoms with Crippen molar-refractivity contribution < 1.29 is 14.0 Å². The van der Waals surface area contributed by atoms with Gasteiger partial charge in [-0.2, -0.15) is 0 Å². The maximum atomic E-state index is 14.8. The van der Waals surface area contributed by atoms with Gasteiger partial charge in [0, 0.05) is 41.5 Å². The summed E-state index contributed by atoms with van der Waals surface area (Å²) in [5, 5.41) is 20.2. The van der Waals surface area contributed by atoms with Crippen LogP contribution in [-0.4, -0.2) is 34.7 Å². The molecule has 1 saturated carbocycles. The Morgan fingerprint density at radius 2 is 1.77 bits per heavy atom. The molecule has 0 unspecified atom stereocenters. The summed E-state index contributed by atoms with van der Waals surface area (Å²) in [5.41, 5.74) is 1.78. The van der Waals surface area contributed by atoms with Gasteiger partial charge in [0.1, 0.15) is 27.8 Å². The minimum Gasteiger partial charge on any atom is -0.342 e. The van der Waals surface area contributed by atoms with Crippen molar-refractivity contribution in [2.24, 2.45) is 11.3 Å². The van der Waals surface area contributed by atoms with E-state index in [1.165, 1.54) is 29.5 Å². The number of allylic oxidation sites excluding steroid dienone is 1. The number of carbonyl (C=O) groups excluding carboxylic acids is 2. The number of carbonyl (C=O) groups is 2. The van der Waals surface area contributed by atoms with E-state index >= 15 is 0 Å². The molecule has 0 bridgehead atoms. The van der Waals surface area contributed by atoms with Crippen LogP contribution in [0.25, 0.3) is 10.3 Å². The number of anilines is 5. The largest absolute Gasteiger partial charge is 0.342 e. The van der Waals surface area contributed by atoms with Crippen molar-refractivity contribution in [3.05, 3.63) is 78.4 Å².